The summed E-state index contributed by atoms with van der Waals surface area (Å²) in [5.41, 5.74) is 3.25. The van der Waals surface area contributed by atoms with Gasteiger partial charge in [0.25, 0.3) is 0 Å². The number of thioether (sulfide) groups is 1. The zero-order chi connectivity index (χ0) is 30.3. The molecule has 3 atom stereocenters. The Morgan fingerprint density at radius 2 is 1.77 bits per heavy atom. The van der Waals surface area contributed by atoms with E-state index >= 15 is 0 Å². The van der Waals surface area contributed by atoms with Crippen molar-refractivity contribution in [3.8, 4) is 0 Å². The molecule has 0 radical (unpaired) electrons. The molecule has 0 bridgehead atoms. The molecule has 0 spiro atoms. The summed E-state index contributed by atoms with van der Waals surface area (Å²) in [6.45, 7) is 2.02. The van der Waals surface area contributed by atoms with Crippen LogP contribution >= 0.6 is 23.1 Å². The number of aliphatic carboxylic acids is 1. The van der Waals surface area contributed by atoms with Gasteiger partial charge in [-0.3, -0.25) is 14.4 Å². The molecule has 3 aromatic rings. The first-order valence-electron chi connectivity index (χ1n) is 14.4. The third-order valence-electron chi connectivity index (χ3n) is 7.83. The highest BCUT2D eigenvalue weighted by Gasteiger charge is 2.34. The van der Waals surface area contributed by atoms with E-state index in [2.05, 4.69) is 22.8 Å². The van der Waals surface area contributed by atoms with Gasteiger partial charge in [-0.25, -0.2) is 4.79 Å². The lowest BCUT2D eigenvalue weighted by molar-refractivity contribution is -0.146. The second-order valence-electron chi connectivity index (χ2n) is 10.6. The highest BCUT2D eigenvalue weighted by Crippen LogP contribution is 2.43. The second-order valence-corrected chi connectivity index (χ2v) is 12.8. The number of hydrogen-bond donors (Lipinski definition) is 3. The summed E-state index contributed by atoms with van der Waals surface area (Å²) in [6.07, 6.45) is 6.82. The molecule has 1 aromatic heterocycles. The highest BCUT2D eigenvalue weighted by atomic mass is 32.2. The van der Waals surface area contributed by atoms with E-state index in [1.807, 2.05) is 30.3 Å². The van der Waals surface area contributed by atoms with Gasteiger partial charge in [-0.05, 0) is 74.3 Å². The van der Waals surface area contributed by atoms with Crippen molar-refractivity contribution in [2.75, 3.05) is 23.0 Å². The number of allylic oxidation sites excluding steroid dienone is 2. The molecule has 2 aromatic carbocycles. The fraction of sp³-hybridized carbons (Fsp3) is 0.333. The van der Waals surface area contributed by atoms with Gasteiger partial charge in [0.2, 0.25) is 11.8 Å². The van der Waals surface area contributed by atoms with Crippen LogP contribution in [0.25, 0.3) is 0 Å². The van der Waals surface area contributed by atoms with Crippen molar-refractivity contribution in [1.29, 1.82) is 0 Å². The van der Waals surface area contributed by atoms with Crippen molar-refractivity contribution in [1.82, 2.24) is 0 Å². The molecule has 2 aliphatic carbocycles. The van der Waals surface area contributed by atoms with Crippen LogP contribution in [0.1, 0.15) is 58.5 Å². The number of carboxylic acids is 1. The Morgan fingerprint density at radius 1 is 1.00 bits per heavy atom. The van der Waals surface area contributed by atoms with Crippen molar-refractivity contribution < 1.29 is 29.0 Å². The number of carboxylic acid groups (broad SMARTS) is 1. The number of carbonyl (C=O) groups is 4. The predicted molar refractivity (Wildman–Crippen MR) is 169 cm³/mol. The predicted octanol–water partition coefficient (Wildman–Crippen LogP) is 6.53. The topological polar surface area (TPSA) is 122 Å². The molecule has 3 N–H and O–H groups in total. The van der Waals surface area contributed by atoms with Crippen molar-refractivity contribution in [2.45, 2.75) is 49.8 Å². The first-order chi connectivity index (χ1) is 20.8. The molecule has 2 amide bonds. The third kappa shape index (κ3) is 7.37. The van der Waals surface area contributed by atoms with Gasteiger partial charge in [-0.2, -0.15) is 0 Å². The van der Waals surface area contributed by atoms with Crippen LogP contribution < -0.4 is 10.6 Å². The first-order valence-corrected chi connectivity index (χ1v) is 16.2. The van der Waals surface area contributed by atoms with Crippen LogP contribution in [-0.2, 0) is 32.0 Å². The molecule has 5 rings (SSSR count). The van der Waals surface area contributed by atoms with Gasteiger partial charge in [0.15, 0.2) is 0 Å². The Balaban J connectivity index is 1.24. The molecule has 3 unspecified atom stereocenters. The van der Waals surface area contributed by atoms with Crippen molar-refractivity contribution in [3.05, 3.63) is 88.3 Å². The van der Waals surface area contributed by atoms with E-state index in [-0.39, 0.29) is 24.2 Å². The molecule has 10 heteroatoms. The van der Waals surface area contributed by atoms with Crippen LogP contribution in [0.5, 0.6) is 0 Å². The summed E-state index contributed by atoms with van der Waals surface area (Å²) in [6, 6.07) is 17.5. The number of nitrogens with one attached hydrogen (secondary N) is 2. The van der Waals surface area contributed by atoms with E-state index in [1.165, 1.54) is 28.7 Å². The average Bonchev–Trinajstić information content (AvgIpc) is 3.37. The summed E-state index contributed by atoms with van der Waals surface area (Å²) in [4.78, 5) is 52.4. The van der Waals surface area contributed by atoms with Gasteiger partial charge in [-0.1, -0.05) is 48.6 Å². The average molecular weight is 619 g/mol. The van der Waals surface area contributed by atoms with Gasteiger partial charge in [0, 0.05) is 15.5 Å². The van der Waals surface area contributed by atoms with E-state index in [0.29, 0.717) is 35.0 Å². The van der Waals surface area contributed by atoms with E-state index in [9.17, 15) is 24.3 Å². The van der Waals surface area contributed by atoms with Crippen LogP contribution in [0.4, 0.5) is 10.7 Å². The Bertz CT molecular complexity index is 1530. The molecule has 1 heterocycles. The molecule has 43 heavy (non-hydrogen) atoms. The number of thiophene rings is 1. The quantitative estimate of drug-likeness (QED) is 0.134. The number of carbonyl (C=O) groups excluding carboxylic acids is 3. The molecule has 0 saturated carbocycles. The minimum atomic E-state index is -0.978. The van der Waals surface area contributed by atoms with Crippen molar-refractivity contribution in [3.63, 3.8) is 0 Å². The van der Waals surface area contributed by atoms with Crippen LogP contribution in [0.2, 0.25) is 0 Å². The Hall–Kier alpha value is -3.89. The maximum Gasteiger partial charge on any atom is 0.341 e. The lowest BCUT2D eigenvalue weighted by atomic mass is 9.82. The Labute approximate surface area is 258 Å². The number of esters is 1. The minimum absolute atomic E-state index is 0.101. The number of hydrogen-bond acceptors (Lipinski definition) is 7. The maximum atomic E-state index is 13.1. The standard InChI is InChI=1S/C33H34N2O6S2/c1-2-41-33(40)29-26-16-15-21(20-9-4-3-5-10-20)17-27(26)43-31(29)35-28(36)19-42-23-12-8-11-22(18-23)34-30(37)24-13-6-7-14-25(24)32(38)39/h3-12,18,21,24-25H,2,13-17,19H2,1H3,(H,34,37)(H,35,36)(H,38,39). The molecule has 0 fully saturated rings. The monoisotopic (exact) mass is 618 g/mol. The summed E-state index contributed by atoms with van der Waals surface area (Å²) in [7, 11) is 0. The van der Waals surface area contributed by atoms with E-state index in [0.717, 1.165) is 34.6 Å². The lowest BCUT2D eigenvalue weighted by Gasteiger charge is -2.24. The smallest absolute Gasteiger partial charge is 0.341 e. The Morgan fingerprint density at radius 3 is 2.51 bits per heavy atom. The fourth-order valence-electron chi connectivity index (χ4n) is 5.69. The third-order valence-corrected chi connectivity index (χ3v) is 9.99. The van der Waals surface area contributed by atoms with Crippen molar-refractivity contribution in [2.24, 2.45) is 11.8 Å². The summed E-state index contributed by atoms with van der Waals surface area (Å²) >= 11 is 2.76. The zero-order valence-corrected chi connectivity index (χ0v) is 25.5. The maximum absolute atomic E-state index is 13.1. The largest absolute Gasteiger partial charge is 0.481 e. The number of fused-ring (bicyclic) bond motifs is 1. The Kier molecular flexibility index (Phi) is 9.99. The van der Waals surface area contributed by atoms with Crippen molar-refractivity contribution >= 4 is 57.5 Å². The number of anilines is 2. The number of benzene rings is 2. The molecule has 8 nitrogen and oxygen atoms in total. The second kappa shape index (κ2) is 14.1. The van der Waals surface area contributed by atoms with E-state index in [4.69, 9.17) is 4.74 Å². The first kappa shape index (κ1) is 30.6. The van der Waals surface area contributed by atoms with Gasteiger partial charge in [0.05, 0.1) is 29.8 Å². The minimum Gasteiger partial charge on any atom is -0.481 e. The number of ether oxygens (including phenoxy) is 1. The summed E-state index contributed by atoms with van der Waals surface area (Å²) in [5, 5.41) is 15.8. The van der Waals surface area contributed by atoms with Gasteiger partial charge in [-0.15, -0.1) is 23.1 Å². The van der Waals surface area contributed by atoms with E-state index < -0.39 is 23.8 Å². The van der Waals surface area contributed by atoms with Crippen LogP contribution in [0, 0.1) is 11.8 Å². The molecule has 0 aliphatic heterocycles. The van der Waals surface area contributed by atoms with E-state index in [1.54, 1.807) is 31.2 Å². The lowest BCUT2D eigenvalue weighted by Crippen LogP contribution is -2.34. The molecule has 224 valence electrons. The van der Waals surface area contributed by atoms with Gasteiger partial charge in [0.1, 0.15) is 5.00 Å². The summed E-state index contributed by atoms with van der Waals surface area (Å²) in [5.74, 6) is -2.91. The molecular formula is C33H34N2O6S2. The summed E-state index contributed by atoms with van der Waals surface area (Å²) < 4.78 is 5.36. The number of amides is 2. The normalized spacial score (nSPS) is 19.2. The fourth-order valence-corrected chi connectivity index (χ4v) is 7.78. The van der Waals surface area contributed by atoms with Crippen LogP contribution in [-0.4, -0.2) is 41.2 Å². The molecule has 2 aliphatic rings. The molecular weight excluding hydrogens is 585 g/mol. The highest BCUT2D eigenvalue weighted by molar-refractivity contribution is 8.00. The van der Waals surface area contributed by atoms with Gasteiger partial charge >= 0.3 is 11.9 Å². The van der Waals surface area contributed by atoms with Crippen LogP contribution in [0.15, 0.2) is 71.6 Å². The van der Waals surface area contributed by atoms with Gasteiger partial charge < -0.3 is 20.5 Å². The SMILES string of the molecule is CCOC(=O)c1c(NC(=O)CSc2cccc(NC(=O)C3CC=CCC3C(=O)O)c2)sc2c1CCC(c1ccccc1)C2. The number of rotatable bonds is 10. The van der Waals surface area contributed by atoms with Crippen LogP contribution in [0.3, 0.4) is 0 Å². The zero-order valence-electron chi connectivity index (χ0n) is 23.8. The molecule has 0 saturated heterocycles.